The highest BCUT2D eigenvalue weighted by Crippen LogP contribution is 2.19. The summed E-state index contributed by atoms with van der Waals surface area (Å²) in [4.78, 5) is 27.1. The van der Waals surface area contributed by atoms with Crippen molar-refractivity contribution in [1.82, 2.24) is 4.90 Å². The molecule has 0 radical (unpaired) electrons. The first-order valence-corrected chi connectivity index (χ1v) is 19.2. The summed E-state index contributed by atoms with van der Waals surface area (Å²) in [7, 11) is 1.98. The minimum atomic E-state index is -0.357. The van der Waals surface area contributed by atoms with Crippen molar-refractivity contribution in [2.45, 2.75) is 180 Å². The first kappa shape index (κ1) is 41.9. The van der Waals surface area contributed by atoms with Crippen LogP contribution in [0, 0.1) is 0 Å². The van der Waals surface area contributed by atoms with Gasteiger partial charge < -0.3 is 9.47 Å². The maximum Gasteiger partial charge on any atom is 0.306 e. The van der Waals surface area contributed by atoms with Crippen LogP contribution in [-0.2, 0) is 19.1 Å². The van der Waals surface area contributed by atoms with Crippen LogP contribution < -0.4 is 0 Å². The summed E-state index contributed by atoms with van der Waals surface area (Å²) in [5.74, 6) is -0.332. The van der Waals surface area contributed by atoms with Gasteiger partial charge in [-0.3, -0.25) is 14.5 Å². The molecule has 0 aromatic heterocycles. The number of hydrogen-bond donors (Lipinski definition) is 0. The van der Waals surface area contributed by atoms with Crippen molar-refractivity contribution in [2.24, 2.45) is 0 Å². The molecule has 0 unspecified atom stereocenters. The van der Waals surface area contributed by atoms with Crippen LogP contribution in [0.4, 0.5) is 0 Å². The van der Waals surface area contributed by atoms with Gasteiger partial charge in [0, 0.05) is 25.9 Å². The lowest BCUT2D eigenvalue weighted by Gasteiger charge is -2.19. The molecular weight excluding hydrogens is 570 g/mol. The average molecular weight is 642 g/mol. The first-order valence-electron chi connectivity index (χ1n) is 19.2. The molecule has 0 aliphatic carbocycles. The minimum Gasteiger partial charge on any atom is -0.457 e. The number of likely N-dealkylation sites (N-methyl/N-ethyl adjacent to an activating group) is 1. The topological polar surface area (TPSA) is 55.8 Å². The Bertz CT molecular complexity index is 777. The summed E-state index contributed by atoms with van der Waals surface area (Å²) in [5, 5.41) is 0. The molecule has 1 aliphatic heterocycles. The van der Waals surface area contributed by atoms with Gasteiger partial charge in [-0.1, -0.05) is 127 Å². The summed E-state index contributed by atoms with van der Waals surface area (Å²) in [6.07, 6.45) is 44.0. The smallest absolute Gasteiger partial charge is 0.306 e. The van der Waals surface area contributed by atoms with Gasteiger partial charge >= 0.3 is 11.9 Å². The van der Waals surface area contributed by atoms with Crippen LogP contribution in [0.2, 0.25) is 0 Å². The monoisotopic (exact) mass is 642 g/mol. The largest absolute Gasteiger partial charge is 0.457 e. The molecule has 0 saturated carbocycles. The first-order chi connectivity index (χ1) is 22.6. The fraction of sp³-hybridized carbons (Fsp3) is 0.756. The van der Waals surface area contributed by atoms with Crippen LogP contribution in [0.1, 0.15) is 168 Å². The van der Waals surface area contributed by atoms with Crippen molar-refractivity contribution in [2.75, 3.05) is 20.1 Å². The third-order valence-corrected chi connectivity index (χ3v) is 8.63. The third-order valence-electron chi connectivity index (χ3n) is 8.63. The highest BCUT2D eigenvalue weighted by Gasteiger charge is 2.36. The number of unbranched alkanes of at least 4 members (excludes halogenated alkanes) is 16. The van der Waals surface area contributed by atoms with E-state index in [1.54, 1.807) is 0 Å². The molecule has 0 aromatic rings. The quantitative estimate of drug-likeness (QED) is 0.0444. The van der Waals surface area contributed by atoms with Crippen LogP contribution in [0.15, 0.2) is 48.6 Å². The lowest BCUT2D eigenvalue weighted by molar-refractivity contribution is -0.164. The molecule has 0 spiro atoms. The lowest BCUT2D eigenvalue weighted by Crippen LogP contribution is -2.33. The molecule has 1 rings (SSSR count). The molecule has 0 N–H and O–H groups in total. The average Bonchev–Trinajstić information content (AvgIpc) is 3.38. The van der Waals surface area contributed by atoms with E-state index >= 15 is 0 Å². The summed E-state index contributed by atoms with van der Waals surface area (Å²) in [5.41, 5.74) is 0. The highest BCUT2D eigenvalue weighted by atomic mass is 16.6. The zero-order chi connectivity index (χ0) is 33.3. The molecule has 1 aliphatic rings. The Morgan fingerprint density at radius 1 is 0.500 bits per heavy atom. The maximum atomic E-state index is 12.5. The summed E-state index contributed by atoms with van der Waals surface area (Å²) >= 11 is 0. The second-order valence-corrected chi connectivity index (χ2v) is 13.2. The number of carbonyl (C=O) groups excluding carboxylic acids is 2. The summed E-state index contributed by atoms with van der Waals surface area (Å²) in [6.45, 7) is 5.73. The molecule has 0 aromatic carbocycles. The normalized spacial score (nSPS) is 17.4. The van der Waals surface area contributed by atoms with Crippen molar-refractivity contribution >= 4 is 11.9 Å². The van der Waals surface area contributed by atoms with Gasteiger partial charge in [-0.05, 0) is 84.1 Å². The van der Waals surface area contributed by atoms with Crippen LogP contribution in [0.5, 0.6) is 0 Å². The molecule has 0 bridgehead atoms. The van der Waals surface area contributed by atoms with E-state index in [0.717, 1.165) is 64.2 Å². The number of esters is 2. The molecule has 2 atom stereocenters. The van der Waals surface area contributed by atoms with Gasteiger partial charge in [0.25, 0.3) is 0 Å². The predicted molar refractivity (Wildman–Crippen MR) is 196 cm³/mol. The molecule has 5 nitrogen and oxygen atoms in total. The Morgan fingerprint density at radius 2 is 0.826 bits per heavy atom. The fourth-order valence-electron chi connectivity index (χ4n) is 5.77. The molecule has 0 amide bonds. The van der Waals surface area contributed by atoms with E-state index in [4.69, 9.17) is 9.47 Å². The van der Waals surface area contributed by atoms with Gasteiger partial charge in [0.15, 0.2) is 12.2 Å². The van der Waals surface area contributed by atoms with Gasteiger partial charge in [0.05, 0.1) is 0 Å². The van der Waals surface area contributed by atoms with Crippen LogP contribution >= 0.6 is 0 Å². The summed E-state index contributed by atoms with van der Waals surface area (Å²) < 4.78 is 11.5. The second kappa shape index (κ2) is 31.5. The zero-order valence-electron chi connectivity index (χ0n) is 30.2. The fourth-order valence-corrected chi connectivity index (χ4v) is 5.77. The third kappa shape index (κ3) is 26.0. The standard InChI is InChI=1S/C41H71NO4/c1-4-6-8-10-12-14-16-18-20-22-24-26-28-30-32-34-40(43)45-38-36-42(3)37-39(38)46-41(44)35-33-31-29-27-25-23-21-19-17-15-13-11-9-7-5-2/h12-15,18-21,38-39H,4-11,16-17,22-37H2,1-3H3/b14-12-,15-13-,20-18-,21-19-/t38-,39+. The van der Waals surface area contributed by atoms with Crippen molar-refractivity contribution in [1.29, 1.82) is 0 Å². The second-order valence-electron chi connectivity index (χ2n) is 13.2. The summed E-state index contributed by atoms with van der Waals surface area (Å²) in [6, 6.07) is 0. The van der Waals surface area contributed by atoms with Crippen molar-refractivity contribution in [3.05, 3.63) is 48.6 Å². The number of carbonyl (C=O) groups is 2. The van der Waals surface area contributed by atoms with E-state index in [0.29, 0.717) is 25.9 Å². The van der Waals surface area contributed by atoms with Gasteiger partial charge in [0.1, 0.15) is 0 Å². The minimum absolute atomic E-state index is 0.166. The van der Waals surface area contributed by atoms with Crippen LogP contribution in [0.25, 0.3) is 0 Å². The SMILES string of the molecule is CCCCC/C=C\C/C=C\CCCCCCCC(=O)O[C@H]1CN(C)C[C@H]1OC(=O)CCCCCCC/C=C\C/C=C\CCCCC. The molecular formula is C41H71NO4. The number of allylic oxidation sites excluding steroid dienone is 8. The zero-order valence-corrected chi connectivity index (χ0v) is 30.2. The van der Waals surface area contributed by atoms with E-state index < -0.39 is 0 Å². The van der Waals surface area contributed by atoms with Gasteiger partial charge in [-0.15, -0.1) is 0 Å². The van der Waals surface area contributed by atoms with E-state index in [1.165, 1.54) is 77.0 Å². The van der Waals surface area contributed by atoms with Crippen molar-refractivity contribution in [3.63, 3.8) is 0 Å². The Balaban J connectivity index is 2.04. The van der Waals surface area contributed by atoms with Crippen molar-refractivity contribution in [3.8, 4) is 0 Å². The molecule has 46 heavy (non-hydrogen) atoms. The lowest BCUT2D eigenvalue weighted by atomic mass is 10.1. The van der Waals surface area contributed by atoms with Gasteiger partial charge in [0.2, 0.25) is 0 Å². The molecule has 264 valence electrons. The van der Waals surface area contributed by atoms with E-state index in [2.05, 4.69) is 67.4 Å². The highest BCUT2D eigenvalue weighted by molar-refractivity contribution is 5.70. The molecule has 5 heteroatoms. The molecule has 1 heterocycles. The van der Waals surface area contributed by atoms with E-state index in [-0.39, 0.29) is 24.1 Å². The number of nitrogens with zero attached hydrogens (tertiary/aromatic N) is 1. The number of ether oxygens (including phenoxy) is 2. The van der Waals surface area contributed by atoms with Gasteiger partial charge in [-0.25, -0.2) is 0 Å². The molecule has 1 fully saturated rings. The number of rotatable bonds is 30. The Labute approximate surface area is 284 Å². The predicted octanol–water partition coefficient (Wildman–Crippen LogP) is 11.4. The van der Waals surface area contributed by atoms with Gasteiger partial charge in [-0.2, -0.15) is 0 Å². The maximum absolute atomic E-state index is 12.5. The molecule has 1 saturated heterocycles. The van der Waals surface area contributed by atoms with E-state index in [9.17, 15) is 9.59 Å². The Hall–Kier alpha value is -2.14. The van der Waals surface area contributed by atoms with Crippen molar-refractivity contribution < 1.29 is 19.1 Å². The number of likely N-dealkylation sites (tertiary alicyclic amines) is 1. The number of hydrogen-bond acceptors (Lipinski definition) is 5. The van der Waals surface area contributed by atoms with E-state index in [1.807, 2.05) is 7.05 Å². The van der Waals surface area contributed by atoms with Crippen LogP contribution in [0.3, 0.4) is 0 Å². The Kier molecular flexibility index (Phi) is 28.6. The Morgan fingerprint density at radius 3 is 1.20 bits per heavy atom. The van der Waals surface area contributed by atoms with Crippen LogP contribution in [-0.4, -0.2) is 49.2 Å².